The molecule has 0 fully saturated rings. The van der Waals surface area contributed by atoms with Gasteiger partial charge in [0.25, 0.3) is 0 Å². The highest BCUT2D eigenvalue weighted by molar-refractivity contribution is 5.94. The third-order valence-corrected chi connectivity index (χ3v) is 4.38. The minimum Gasteiger partial charge on any atom is -0.497 e. The van der Waals surface area contributed by atoms with Crippen LogP contribution in [0.25, 0.3) is 0 Å². The van der Waals surface area contributed by atoms with Crippen molar-refractivity contribution in [2.24, 2.45) is 0 Å². The minimum absolute atomic E-state index is 0.146. The molecule has 0 aromatic heterocycles. The summed E-state index contributed by atoms with van der Waals surface area (Å²) in [7, 11) is 8.24. The van der Waals surface area contributed by atoms with E-state index >= 15 is 0 Å². The van der Waals surface area contributed by atoms with Gasteiger partial charge < -0.3 is 24.3 Å². The van der Waals surface area contributed by atoms with E-state index in [1.165, 1.54) is 0 Å². The highest BCUT2D eigenvalue weighted by Gasteiger charge is 2.14. The summed E-state index contributed by atoms with van der Waals surface area (Å²) < 4.78 is 21.2. The Morgan fingerprint density at radius 2 is 1.57 bits per heavy atom. The molecule has 0 unspecified atom stereocenters. The van der Waals surface area contributed by atoms with Crippen molar-refractivity contribution in [3.63, 3.8) is 0 Å². The van der Waals surface area contributed by atoms with Crippen LogP contribution >= 0.6 is 0 Å². The van der Waals surface area contributed by atoms with Gasteiger partial charge in [0.05, 0.1) is 40.7 Å². The molecule has 0 saturated carbocycles. The van der Waals surface area contributed by atoms with Gasteiger partial charge in [-0.05, 0) is 49.4 Å². The van der Waals surface area contributed by atoms with Gasteiger partial charge in [-0.2, -0.15) is 0 Å². The Morgan fingerprint density at radius 3 is 2.18 bits per heavy atom. The Hall–Kier alpha value is -2.93. The van der Waals surface area contributed by atoms with E-state index in [4.69, 9.17) is 18.9 Å². The average Bonchev–Trinajstić information content (AvgIpc) is 2.68. The number of carbonyl (C=O) groups is 1. The lowest BCUT2D eigenvalue weighted by atomic mass is 10.1. The summed E-state index contributed by atoms with van der Waals surface area (Å²) in [5.74, 6) is 2.43. The number of hydrogen-bond donors (Lipinski definition) is 1. The van der Waals surface area contributed by atoms with Gasteiger partial charge in [0.2, 0.25) is 5.91 Å². The standard InChI is InChI=1S/C21H28N2O5/c1-14-9-19(27-5)20(28-6)10-15(14)12-23(2)13-21(24)22-17-11-16(25-3)7-8-18(17)26-4/h7-11H,12-13H2,1-6H3,(H,22,24). The lowest BCUT2D eigenvalue weighted by Gasteiger charge is -2.20. The molecule has 0 aliphatic heterocycles. The van der Waals surface area contributed by atoms with Gasteiger partial charge in [-0.1, -0.05) is 0 Å². The third-order valence-electron chi connectivity index (χ3n) is 4.38. The molecule has 0 spiro atoms. The SMILES string of the molecule is COc1ccc(OC)c(NC(=O)CN(C)Cc2cc(OC)c(OC)cc2C)c1. The Bertz CT molecular complexity index is 823. The molecule has 0 heterocycles. The molecule has 0 saturated heterocycles. The molecule has 2 rings (SSSR count). The quantitative estimate of drug-likeness (QED) is 0.712. The number of rotatable bonds is 9. The summed E-state index contributed by atoms with van der Waals surface area (Å²) in [6.07, 6.45) is 0. The number of methoxy groups -OCH3 is 4. The van der Waals surface area contributed by atoms with Gasteiger partial charge in [0.1, 0.15) is 11.5 Å². The fraction of sp³-hybridized carbons (Fsp3) is 0.381. The number of likely N-dealkylation sites (N-methyl/N-ethyl adjacent to an activating group) is 1. The monoisotopic (exact) mass is 388 g/mol. The lowest BCUT2D eigenvalue weighted by molar-refractivity contribution is -0.117. The number of aryl methyl sites for hydroxylation is 1. The maximum absolute atomic E-state index is 12.5. The predicted octanol–water partition coefficient (Wildman–Crippen LogP) is 3.10. The molecule has 152 valence electrons. The fourth-order valence-electron chi connectivity index (χ4n) is 2.89. The molecule has 0 bridgehead atoms. The zero-order valence-electron chi connectivity index (χ0n) is 17.3. The lowest BCUT2D eigenvalue weighted by Crippen LogP contribution is -2.30. The molecule has 0 aliphatic carbocycles. The molecule has 1 amide bonds. The van der Waals surface area contributed by atoms with Crippen molar-refractivity contribution in [1.82, 2.24) is 4.90 Å². The van der Waals surface area contributed by atoms with Crippen LogP contribution < -0.4 is 24.3 Å². The first-order valence-electron chi connectivity index (χ1n) is 8.83. The van der Waals surface area contributed by atoms with Crippen molar-refractivity contribution < 1.29 is 23.7 Å². The largest absolute Gasteiger partial charge is 0.497 e. The van der Waals surface area contributed by atoms with Crippen molar-refractivity contribution in [3.8, 4) is 23.0 Å². The number of nitrogens with one attached hydrogen (secondary N) is 1. The van der Waals surface area contributed by atoms with Gasteiger partial charge in [-0.15, -0.1) is 0 Å². The number of ether oxygens (including phenoxy) is 4. The maximum Gasteiger partial charge on any atom is 0.238 e. The second-order valence-corrected chi connectivity index (χ2v) is 6.42. The summed E-state index contributed by atoms with van der Waals surface area (Å²) in [5, 5.41) is 2.88. The maximum atomic E-state index is 12.5. The molecule has 1 N–H and O–H groups in total. The Kier molecular flexibility index (Phi) is 7.52. The van der Waals surface area contributed by atoms with Crippen LogP contribution in [0.3, 0.4) is 0 Å². The molecular weight excluding hydrogens is 360 g/mol. The molecule has 0 aliphatic rings. The van der Waals surface area contributed by atoms with Crippen molar-refractivity contribution in [3.05, 3.63) is 41.5 Å². The second kappa shape index (κ2) is 9.85. The topological polar surface area (TPSA) is 69.3 Å². The van der Waals surface area contributed by atoms with Crippen molar-refractivity contribution in [1.29, 1.82) is 0 Å². The number of anilines is 1. The number of amides is 1. The van der Waals surface area contributed by atoms with Crippen LogP contribution in [0.5, 0.6) is 23.0 Å². The smallest absolute Gasteiger partial charge is 0.238 e. The predicted molar refractivity (Wildman–Crippen MR) is 109 cm³/mol. The highest BCUT2D eigenvalue weighted by Crippen LogP contribution is 2.31. The van der Waals surface area contributed by atoms with Crippen molar-refractivity contribution >= 4 is 11.6 Å². The van der Waals surface area contributed by atoms with Gasteiger partial charge in [0, 0.05) is 12.6 Å². The molecule has 7 heteroatoms. The van der Waals surface area contributed by atoms with E-state index in [9.17, 15) is 4.79 Å². The van der Waals surface area contributed by atoms with Crippen LogP contribution in [-0.4, -0.2) is 52.8 Å². The van der Waals surface area contributed by atoms with Crippen LogP contribution in [0.1, 0.15) is 11.1 Å². The molecular formula is C21H28N2O5. The zero-order chi connectivity index (χ0) is 20.7. The highest BCUT2D eigenvalue weighted by atomic mass is 16.5. The zero-order valence-corrected chi connectivity index (χ0v) is 17.3. The van der Waals surface area contributed by atoms with E-state index in [1.807, 2.05) is 31.0 Å². The van der Waals surface area contributed by atoms with E-state index in [-0.39, 0.29) is 12.5 Å². The minimum atomic E-state index is -0.146. The van der Waals surface area contributed by atoms with Crippen molar-refractivity contribution in [2.45, 2.75) is 13.5 Å². The van der Waals surface area contributed by atoms with Crippen molar-refractivity contribution in [2.75, 3.05) is 47.3 Å². The van der Waals surface area contributed by atoms with Gasteiger partial charge >= 0.3 is 0 Å². The first-order chi connectivity index (χ1) is 13.4. The third kappa shape index (κ3) is 5.29. The van der Waals surface area contributed by atoms with Gasteiger partial charge in [-0.25, -0.2) is 0 Å². The van der Waals surface area contributed by atoms with E-state index in [1.54, 1.807) is 46.6 Å². The van der Waals surface area contributed by atoms with Crippen LogP contribution in [0.2, 0.25) is 0 Å². The van der Waals surface area contributed by atoms with Crippen LogP contribution in [0.15, 0.2) is 30.3 Å². The normalized spacial score (nSPS) is 10.5. The Labute approximate surface area is 166 Å². The molecule has 2 aromatic rings. The molecule has 28 heavy (non-hydrogen) atoms. The molecule has 0 atom stereocenters. The Balaban J connectivity index is 2.05. The van der Waals surface area contributed by atoms with E-state index in [0.29, 0.717) is 35.2 Å². The molecule has 2 aromatic carbocycles. The number of hydrogen-bond acceptors (Lipinski definition) is 6. The van der Waals surface area contributed by atoms with E-state index < -0.39 is 0 Å². The summed E-state index contributed by atoms with van der Waals surface area (Å²) >= 11 is 0. The first kappa shape index (κ1) is 21.4. The van der Waals surface area contributed by atoms with E-state index in [0.717, 1.165) is 11.1 Å². The molecule has 7 nitrogen and oxygen atoms in total. The number of nitrogens with zero attached hydrogens (tertiary/aromatic N) is 1. The van der Waals surface area contributed by atoms with Gasteiger partial charge in [0.15, 0.2) is 11.5 Å². The summed E-state index contributed by atoms with van der Waals surface area (Å²) in [4.78, 5) is 14.4. The van der Waals surface area contributed by atoms with Crippen LogP contribution in [-0.2, 0) is 11.3 Å². The second-order valence-electron chi connectivity index (χ2n) is 6.42. The van der Waals surface area contributed by atoms with Gasteiger partial charge in [-0.3, -0.25) is 9.69 Å². The summed E-state index contributed by atoms with van der Waals surface area (Å²) in [6, 6.07) is 9.14. The van der Waals surface area contributed by atoms with E-state index in [2.05, 4.69) is 5.32 Å². The first-order valence-corrected chi connectivity index (χ1v) is 8.83. The van der Waals surface area contributed by atoms with Crippen LogP contribution in [0.4, 0.5) is 5.69 Å². The van der Waals surface area contributed by atoms with Crippen LogP contribution in [0, 0.1) is 6.92 Å². The summed E-state index contributed by atoms with van der Waals surface area (Å²) in [5.41, 5.74) is 2.70. The summed E-state index contributed by atoms with van der Waals surface area (Å²) in [6.45, 7) is 2.81. The Morgan fingerprint density at radius 1 is 0.929 bits per heavy atom. The molecule has 0 radical (unpaired) electrons. The average molecular weight is 388 g/mol. The number of benzene rings is 2. The fourth-order valence-corrected chi connectivity index (χ4v) is 2.89. The number of carbonyl (C=O) groups excluding carboxylic acids is 1.